The minimum absolute atomic E-state index is 0.292. The highest BCUT2D eigenvalue weighted by atomic mass is 16.3. The zero-order chi connectivity index (χ0) is 8.81. The molecule has 0 bridgehead atoms. The maximum Gasteiger partial charge on any atom is 0.0569 e. The van der Waals surface area contributed by atoms with E-state index >= 15 is 0 Å². The first-order valence-corrected chi connectivity index (χ1v) is 4.18. The summed E-state index contributed by atoms with van der Waals surface area (Å²) in [5.41, 5.74) is 5.30. The molecule has 4 heteroatoms. The van der Waals surface area contributed by atoms with Crippen LogP contribution in [0.4, 0.5) is 0 Å². The highest BCUT2D eigenvalue weighted by Gasteiger charge is 2.02. The molecule has 0 fully saturated rings. The maximum atomic E-state index is 9.33. The Morgan fingerprint density at radius 2 is 2.33 bits per heavy atom. The Labute approximate surface area is 72.0 Å². The zero-order valence-electron chi connectivity index (χ0n) is 7.06. The normalized spacial score (nSPS) is 13.2. The van der Waals surface area contributed by atoms with Gasteiger partial charge in [0.05, 0.1) is 6.10 Å². The highest BCUT2D eigenvalue weighted by molar-refractivity contribution is 4.77. The third-order valence-electron chi connectivity index (χ3n) is 1.75. The lowest BCUT2D eigenvalue weighted by molar-refractivity contribution is 0.150. The van der Waals surface area contributed by atoms with Crippen molar-refractivity contribution in [3.8, 4) is 0 Å². The van der Waals surface area contributed by atoms with E-state index in [-0.39, 0.29) is 6.10 Å². The molecule has 1 aromatic rings. The Morgan fingerprint density at radius 1 is 1.50 bits per heavy atom. The van der Waals surface area contributed by atoms with E-state index in [1.54, 1.807) is 10.9 Å². The van der Waals surface area contributed by atoms with Gasteiger partial charge in [0.25, 0.3) is 0 Å². The molecular formula is C8H15N3O. The summed E-state index contributed by atoms with van der Waals surface area (Å²) in [6, 6.07) is 1.87. The fraction of sp³-hybridized carbons (Fsp3) is 0.625. The molecule has 0 aliphatic rings. The number of hydrogen-bond donors (Lipinski definition) is 2. The van der Waals surface area contributed by atoms with Crippen LogP contribution < -0.4 is 5.73 Å². The number of hydrogen-bond acceptors (Lipinski definition) is 3. The molecule has 0 aliphatic heterocycles. The van der Waals surface area contributed by atoms with Crippen molar-refractivity contribution in [2.24, 2.45) is 5.73 Å². The first-order valence-electron chi connectivity index (χ1n) is 4.18. The first-order chi connectivity index (χ1) is 5.83. The van der Waals surface area contributed by atoms with Gasteiger partial charge in [0, 0.05) is 18.9 Å². The van der Waals surface area contributed by atoms with Crippen LogP contribution in [0.25, 0.3) is 0 Å². The van der Waals surface area contributed by atoms with E-state index in [1.807, 2.05) is 12.3 Å². The Hall–Kier alpha value is -0.870. The highest BCUT2D eigenvalue weighted by Crippen LogP contribution is 1.98. The molecule has 1 heterocycles. The van der Waals surface area contributed by atoms with Gasteiger partial charge < -0.3 is 10.8 Å². The van der Waals surface area contributed by atoms with Gasteiger partial charge in [0.15, 0.2) is 0 Å². The molecule has 0 saturated heterocycles. The Bertz CT molecular complexity index is 198. The summed E-state index contributed by atoms with van der Waals surface area (Å²) in [6.07, 6.45) is 4.71. The van der Waals surface area contributed by atoms with Gasteiger partial charge in [-0.25, -0.2) is 0 Å². The van der Waals surface area contributed by atoms with Crippen molar-refractivity contribution in [2.75, 3.05) is 6.54 Å². The third kappa shape index (κ3) is 3.02. The molecule has 0 aromatic carbocycles. The van der Waals surface area contributed by atoms with E-state index < -0.39 is 0 Å². The Balaban J connectivity index is 2.17. The molecule has 68 valence electrons. The van der Waals surface area contributed by atoms with Crippen molar-refractivity contribution in [2.45, 2.75) is 25.5 Å². The van der Waals surface area contributed by atoms with Crippen LogP contribution in [0.2, 0.25) is 0 Å². The van der Waals surface area contributed by atoms with E-state index in [2.05, 4.69) is 5.10 Å². The maximum absolute atomic E-state index is 9.33. The van der Waals surface area contributed by atoms with Crippen LogP contribution in [0.1, 0.15) is 12.8 Å². The van der Waals surface area contributed by atoms with Crippen LogP contribution in [0, 0.1) is 0 Å². The fourth-order valence-corrected chi connectivity index (χ4v) is 1.05. The summed E-state index contributed by atoms with van der Waals surface area (Å²) < 4.78 is 1.81. The third-order valence-corrected chi connectivity index (χ3v) is 1.75. The first kappa shape index (κ1) is 9.22. The lowest BCUT2D eigenvalue weighted by Gasteiger charge is -2.08. The quantitative estimate of drug-likeness (QED) is 0.651. The van der Waals surface area contributed by atoms with Crippen molar-refractivity contribution >= 4 is 0 Å². The number of aromatic nitrogens is 2. The Morgan fingerprint density at radius 3 is 2.92 bits per heavy atom. The molecule has 0 amide bonds. The van der Waals surface area contributed by atoms with Crippen molar-refractivity contribution in [3.63, 3.8) is 0 Å². The summed E-state index contributed by atoms with van der Waals surface area (Å²) >= 11 is 0. The van der Waals surface area contributed by atoms with Crippen molar-refractivity contribution in [1.82, 2.24) is 9.78 Å². The summed E-state index contributed by atoms with van der Waals surface area (Å²) in [4.78, 5) is 0. The van der Waals surface area contributed by atoms with E-state index in [1.165, 1.54) is 0 Å². The van der Waals surface area contributed by atoms with Gasteiger partial charge >= 0.3 is 0 Å². The summed E-state index contributed by atoms with van der Waals surface area (Å²) in [5.74, 6) is 0. The summed E-state index contributed by atoms with van der Waals surface area (Å²) in [7, 11) is 0. The van der Waals surface area contributed by atoms with Gasteiger partial charge in [-0.05, 0) is 25.5 Å². The van der Waals surface area contributed by atoms with Gasteiger partial charge in [-0.2, -0.15) is 5.10 Å². The monoisotopic (exact) mass is 169 g/mol. The molecule has 4 nitrogen and oxygen atoms in total. The predicted molar refractivity (Wildman–Crippen MR) is 46.5 cm³/mol. The van der Waals surface area contributed by atoms with Crippen LogP contribution in [-0.4, -0.2) is 27.5 Å². The molecule has 3 N–H and O–H groups in total. The van der Waals surface area contributed by atoms with Gasteiger partial charge in [-0.15, -0.1) is 0 Å². The van der Waals surface area contributed by atoms with Crippen molar-refractivity contribution < 1.29 is 5.11 Å². The van der Waals surface area contributed by atoms with Crippen LogP contribution in [0.3, 0.4) is 0 Å². The molecule has 1 atom stereocenters. The van der Waals surface area contributed by atoms with Gasteiger partial charge in [0.1, 0.15) is 0 Å². The molecule has 0 radical (unpaired) electrons. The van der Waals surface area contributed by atoms with Crippen molar-refractivity contribution in [1.29, 1.82) is 0 Å². The number of nitrogens with zero attached hydrogens (tertiary/aromatic N) is 2. The summed E-state index contributed by atoms with van der Waals surface area (Å²) in [5, 5.41) is 13.3. The van der Waals surface area contributed by atoms with E-state index in [0.29, 0.717) is 13.0 Å². The SMILES string of the molecule is NCC[C@@H](O)CCn1cccn1. The van der Waals surface area contributed by atoms with Crippen molar-refractivity contribution in [3.05, 3.63) is 18.5 Å². The van der Waals surface area contributed by atoms with Crippen LogP contribution >= 0.6 is 0 Å². The molecule has 0 aliphatic carbocycles. The van der Waals surface area contributed by atoms with Gasteiger partial charge in [-0.3, -0.25) is 4.68 Å². The lowest BCUT2D eigenvalue weighted by atomic mass is 10.2. The lowest BCUT2D eigenvalue weighted by Crippen LogP contribution is -2.15. The van der Waals surface area contributed by atoms with E-state index in [0.717, 1.165) is 13.0 Å². The second kappa shape index (κ2) is 4.90. The number of aliphatic hydroxyl groups is 1. The number of aryl methyl sites for hydroxylation is 1. The number of nitrogens with two attached hydrogens (primary N) is 1. The molecular weight excluding hydrogens is 154 g/mol. The van der Waals surface area contributed by atoms with Crippen LogP contribution in [0.15, 0.2) is 18.5 Å². The molecule has 0 unspecified atom stereocenters. The minimum Gasteiger partial charge on any atom is -0.393 e. The minimum atomic E-state index is -0.292. The average molecular weight is 169 g/mol. The van der Waals surface area contributed by atoms with E-state index in [4.69, 9.17) is 5.73 Å². The number of rotatable bonds is 5. The van der Waals surface area contributed by atoms with Crippen LogP contribution in [0.5, 0.6) is 0 Å². The summed E-state index contributed by atoms with van der Waals surface area (Å²) in [6.45, 7) is 1.30. The fourth-order valence-electron chi connectivity index (χ4n) is 1.05. The molecule has 0 spiro atoms. The van der Waals surface area contributed by atoms with Gasteiger partial charge in [0.2, 0.25) is 0 Å². The van der Waals surface area contributed by atoms with Crippen LogP contribution in [-0.2, 0) is 6.54 Å². The standard InChI is InChI=1S/C8H15N3O/c9-4-2-8(12)3-7-11-6-1-5-10-11/h1,5-6,8,12H,2-4,7,9H2/t8-/m1/s1. The number of aliphatic hydroxyl groups excluding tert-OH is 1. The predicted octanol–water partition coefficient (Wildman–Crippen LogP) is -0.0171. The smallest absolute Gasteiger partial charge is 0.0569 e. The largest absolute Gasteiger partial charge is 0.393 e. The van der Waals surface area contributed by atoms with Gasteiger partial charge in [-0.1, -0.05) is 0 Å². The Kier molecular flexibility index (Phi) is 3.76. The zero-order valence-corrected chi connectivity index (χ0v) is 7.06. The molecule has 12 heavy (non-hydrogen) atoms. The molecule has 1 aromatic heterocycles. The second-order valence-electron chi connectivity index (χ2n) is 2.79. The average Bonchev–Trinajstić information content (AvgIpc) is 2.53. The second-order valence-corrected chi connectivity index (χ2v) is 2.79. The van der Waals surface area contributed by atoms with E-state index in [9.17, 15) is 5.11 Å². The topological polar surface area (TPSA) is 64.1 Å². The molecule has 1 rings (SSSR count). The molecule has 0 saturated carbocycles.